The Morgan fingerprint density at radius 1 is 1.11 bits per heavy atom. The first-order chi connectivity index (χ1) is 8.66. The van der Waals surface area contributed by atoms with Crippen LogP contribution in [0.3, 0.4) is 0 Å². The number of aryl methyl sites for hydroxylation is 1. The van der Waals surface area contributed by atoms with Crippen molar-refractivity contribution in [2.24, 2.45) is 0 Å². The van der Waals surface area contributed by atoms with Gasteiger partial charge in [0.05, 0.1) is 0 Å². The van der Waals surface area contributed by atoms with Crippen molar-refractivity contribution < 1.29 is 14.3 Å². The molecule has 2 aromatic rings. The fourth-order valence-electron chi connectivity index (χ4n) is 1.82. The molecule has 1 N–H and O–H groups in total. The quantitative estimate of drug-likeness (QED) is 0.893. The summed E-state index contributed by atoms with van der Waals surface area (Å²) < 4.78 is 13.9. The number of aliphatic carboxylic acids is 1. The number of benzene rings is 2. The summed E-state index contributed by atoms with van der Waals surface area (Å²) in [6.07, 6.45) is 0.367. The number of carboxylic acids is 1. The lowest BCUT2D eigenvalue weighted by Crippen LogP contribution is -1.98. The highest BCUT2D eigenvalue weighted by Crippen LogP contribution is 2.23. The number of hydrogen-bond donors (Lipinski definition) is 1. The SMILES string of the molecule is O=C(O)CCc1ccc(-c2ccccc2)c(F)c1. The van der Waals surface area contributed by atoms with Gasteiger partial charge in [-0.05, 0) is 23.6 Å². The molecule has 0 aliphatic rings. The van der Waals surface area contributed by atoms with Gasteiger partial charge in [-0.15, -0.1) is 0 Å². The fourth-order valence-corrected chi connectivity index (χ4v) is 1.82. The third kappa shape index (κ3) is 2.94. The van der Waals surface area contributed by atoms with Crippen LogP contribution in [0.25, 0.3) is 11.1 Å². The maximum Gasteiger partial charge on any atom is 0.303 e. The highest BCUT2D eigenvalue weighted by atomic mass is 19.1. The highest BCUT2D eigenvalue weighted by Gasteiger charge is 2.06. The predicted molar refractivity (Wildman–Crippen MR) is 67.8 cm³/mol. The summed E-state index contributed by atoms with van der Waals surface area (Å²) in [4.78, 5) is 10.5. The summed E-state index contributed by atoms with van der Waals surface area (Å²) >= 11 is 0. The van der Waals surface area contributed by atoms with E-state index in [0.717, 1.165) is 5.56 Å². The molecule has 2 rings (SSSR count). The molecule has 0 aliphatic heterocycles. The molecule has 92 valence electrons. The first kappa shape index (κ1) is 12.3. The molecule has 0 aromatic heterocycles. The molecule has 0 saturated carbocycles. The zero-order valence-corrected chi connectivity index (χ0v) is 9.77. The second-order valence-electron chi connectivity index (χ2n) is 4.07. The first-order valence-electron chi connectivity index (χ1n) is 5.72. The van der Waals surface area contributed by atoms with Crippen LogP contribution in [-0.2, 0) is 11.2 Å². The Balaban J connectivity index is 2.23. The van der Waals surface area contributed by atoms with Gasteiger partial charge in [0.25, 0.3) is 0 Å². The van der Waals surface area contributed by atoms with Gasteiger partial charge in [0.1, 0.15) is 5.82 Å². The minimum Gasteiger partial charge on any atom is -0.481 e. The fraction of sp³-hybridized carbons (Fsp3) is 0.133. The third-order valence-corrected chi connectivity index (χ3v) is 2.75. The second kappa shape index (κ2) is 5.45. The second-order valence-corrected chi connectivity index (χ2v) is 4.07. The Kier molecular flexibility index (Phi) is 3.72. The van der Waals surface area contributed by atoms with E-state index in [-0.39, 0.29) is 12.2 Å². The van der Waals surface area contributed by atoms with Gasteiger partial charge in [-0.3, -0.25) is 4.79 Å². The lowest BCUT2D eigenvalue weighted by atomic mass is 10.0. The minimum atomic E-state index is -0.873. The van der Waals surface area contributed by atoms with Crippen LogP contribution in [-0.4, -0.2) is 11.1 Å². The van der Waals surface area contributed by atoms with Gasteiger partial charge < -0.3 is 5.11 Å². The number of rotatable bonds is 4. The number of carbonyl (C=O) groups is 1. The van der Waals surface area contributed by atoms with Crippen molar-refractivity contribution >= 4 is 5.97 Å². The van der Waals surface area contributed by atoms with Crippen molar-refractivity contribution in [2.75, 3.05) is 0 Å². The van der Waals surface area contributed by atoms with E-state index in [0.29, 0.717) is 17.5 Å². The molecule has 0 saturated heterocycles. The number of hydrogen-bond acceptors (Lipinski definition) is 1. The molecule has 18 heavy (non-hydrogen) atoms. The van der Waals surface area contributed by atoms with Crippen molar-refractivity contribution in [3.63, 3.8) is 0 Å². The van der Waals surface area contributed by atoms with Crippen molar-refractivity contribution in [1.29, 1.82) is 0 Å². The normalized spacial score (nSPS) is 10.3. The molecule has 0 atom stereocenters. The van der Waals surface area contributed by atoms with Gasteiger partial charge >= 0.3 is 5.97 Å². The maximum atomic E-state index is 13.9. The number of halogens is 1. The lowest BCUT2D eigenvalue weighted by Gasteiger charge is -2.05. The largest absolute Gasteiger partial charge is 0.481 e. The zero-order valence-electron chi connectivity index (χ0n) is 9.77. The zero-order chi connectivity index (χ0) is 13.0. The van der Waals surface area contributed by atoms with Crippen molar-refractivity contribution in [3.05, 3.63) is 59.9 Å². The minimum absolute atomic E-state index is 0.0180. The molecule has 0 unspecified atom stereocenters. The molecule has 2 aromatic carbocycles. The number of carboxylic acid groups (broad SMARTS) is 1. The van der Waals surface area contributed by atoms with Crippen molar-refractivity contribution in [2.45, 2.75) is 12.8 Å². The molecule has 0 radical (unpaired) electrons. The Hall–Kier alpha value is -2.16. The molecule has 0 heterocycles. The Morgan fingerprint density at radius 2 is 1.83 bits per heavy atom. The Labute approximate surface area is 105 Å². The van der Waals surface area contributed by atoms with Crippen LogP contribution in [0.4, 0.5) is 4.39 Å². The van der Waals surface area contributed by atoms with Crippen LogP contribution in [0.5, 0.6) is 0 Å². The summed E-state index contributed by atoms with van der Waals surface area (Å²) in [6, 6.07) is 14.1. The summed E-state index contributed by atoms with van der Waals surface area (Å²) in [5.41, 5.74) is 2.06. The van der Waals surface area contributed by atoms with Crippen LogP contribution in [0.1, 0.15) is 12.0 Å². The van der Waals surface area contributed by atoms with E-state index in [1.165, 1.54) is 6.07 Å². The highest BCUT2D eigenvalue weighted by molar-refractivity contribution is 5.67. The van der Waals surface area contributed by atoms with Gasteiger partial charge in [-0.25, -0.2) is 4.39 Å². The van der Waals surface area contributed by atoms with Gasteiger partial charge in [0.15, 0.2) is 0 Å². The van der Waals surface area contributed by atoms with E-state index in [1.807, 2.05) is 30.3 Å². The molecule has 0 aliphatic carbocycles. The first-order valence-corrected chi connectivity index (χ1v) is 5.72. The van der Waals surface area contributed by atoms with Crippen LogP contribution >= 0.6 is 0 Å². The third-order valence-electron chi connectivity index (χ3n) is 2.75. The van der Waals surface area contributed by atoms with E-state index in [9.17, 15) is 9.18 Å². The van der Waals surface area contributed by atoms with Crippen LogP contribution in [0, 0.1) is 5.82 Å². The van der Waals surface area contributed by atoms with Crippen molar-refractivity contribution in [1.82, 2.24) is 0 Å². The molecule has 2 nitrogen and oxygen atoms in total. The van der Waals surface area contributed by atoms with Gasteiger partial charge in [-0.2, -0.15) is 0 Å². The monoisotopic (exact) mass is 244 g/mol. The topological polar surface area (TPSA) is 37.3 Å². The Bertz CT molecular complexity index is 550. The average molecular weight is 244 g/mol. The summed E-state index contributed by atoms with van der Waals surface area (Å²) in [6.45, 7) is 0. The van der Waals surface area contributed by atoms with Crippen LogP contribution in [0.2, 0.25) is 0 Å². The summed E-state index contributed by atoms with van der Waals surface area (Å²) in [7, 11) is 0. The standard InChI is InChI=1S/C15H13FO2/c16-14-10-11(7-9-15(17)18)6-8-13(14)12-4-2-1-3-5-12/h1-6,8,10H,7,9H2,(H,17,18). The molecule has 0 amide bonds. The van der Waals surface area contributed by atoms with E-state index in [4.69, 9.17) is 5.11 Å². The van der Waals surface area contributed by atoms with Gasteiger partial charge in [-0.1, -0.05) is 42.5 Å². The lowest BCUT2D eigenvalue weighted by molar-refractivity contribution is -0.136. The molecule has 0 bridgehead atoms. The molecule has 3 heteroatoms. The average Bonchev–Trinajstić information content (AvgIpc) is 2.37. The van der Waals surface area contributed by atoms with Crippen LogP contribution < -0.4 is 0 Å². The molecular weight excluding hydrogens is 231 g/mol. The Morgan fingerprint density at radius 3 is 2.44 bits per heavy atom. The molecular formula is C15H13FO2. The smallest absolute Gasteiger partial charge is 0.303 e. The van der Waals surface area contributed by atoms with E-state index in [1.54, 1.807) is 12.1 Å². The van der Waals surface area contributed by atoms with Gasteiger partial charge in [0.2, 0.25) is 0 Å². The maximum absolute atomic E-state index is 13.9. The van der Waals surface area contributed by atoms with Crippen LogP contribution in [0.15, 0.2) is 48.5 Å². The van der Waals surface area contributed by atoms with E-state index >= 15 is 0 Å². The molecule has 0 fully saturated rings. The van der Waals surface area contributed by atoms with Gasteiger partial charge in [0, 0.05) is 12.0 Å². The summed E-state index contributed by atoms with van der Waals surface area (Å²) in [5.74, 6) is -1.19. The van der Waals surface area contributed by atoms with Crippen molar-refractivity contribution in [3.8, 4) is 11.1 Å². The summed E-state index contributed by atoms with van der Waals surface area (Å²) in [5, 5.41) is 8.58. The predicted octanol–water partition coefficient (Wildman–Crippen LogP) is 3.51. The van der Waals surface area contributed by atoms with E-state index < -0.39 is 5.97 Å². The van der Waals surface area contributed by atoms with E-state index in [2.05, 4.69) is 0 Å². The molecule has 0 spiro atoms.